The number of amides is 2. The maximum atomic E-state index is 11.9. The lowest BCUT2D eigenvalue weighted by molar-refractivity contribution is -0.384. The molecule has 11 heteroatoms. The number of non-ortho nitro benzene ring substituents is 1. The van der Waals surface area contributed by atoms with Crippen LogP contribution in [0.2, 0.25) is 0 Å². The summed E-state index contributed by atoms with van der Waals surface area (Å²) in [4.78, 5) is 49.6. The van der Waals surface area contributed by atoms with Crippen molar-refractivity contribution >= 4 is 28.6 Å². The summed E-state index contributed by atoms with van der Waals surface area (Å²) in [5.41, 5.74) is 5.18. The maximum absolute atomic E-state index is 11.9. The number of rotatable bonds is 6. The standard InChI is InChI=1S/C17H15N5O6/c23-15(19-20-16(24)11-3-1-7-18-10-11)4-2-8-21-13-6-5-12(22(26)27)9-14(13)28-17(21)25/h1,3,5-7,9-10H,2,4,8H2,(H,19,23)(H,20,24). The molecule has 2 heterocycles. The average molecular weight is 385 g/mol. The van der Waals surface area contributed by atoms with Crippen LogP contribution in [0.4, 0.5) is 5.69 Å². The average Bonchev–Trinajstić information content (AvgIpc) is 3.01. The number of oxazole rings is 1. The van der Waals surface area contributed by atoms with Gasteiger partial charge in [0.1, 0.15) is 0 Å². The molecule has 0 bridgehead atoms. The number of nitrogens with zero attached hydrogens (tertiary/aromatic N) is 3. The molecule has 2 N–H and O–H groups in total. The number of carbonyl (C=O) groups is 2. The Bertz CT molecular complexity index is 1090. The largest absolute Gasteiger partial charge is 0.419 e. The Kier molecular flexibility index (Phi) is 5.44. The molecule has 3 aromatic rings. The minimum Gasteiger partial charge on any atom is -0.407 e. The Morgan fingerprint density at radius 1 is 1.25 bits per heavy atom. The predicted octanol–water partition coefficient (Wildman–Crippen LogP) is 1.14. The van der Waals surface area contributed by atoms with Gasteiger partial charge in [-0.3, -0.25) is 40.1 Å². The van der Waals surface area contributed by atoms with Gasteiger partial charge in [0.25, 0.3) is 11.6 Å². The van der Waals surface area contributed by atoms with Gasteiger partial charge in [-0.25, -0.2) is 4.79 Å². The fourth-order valence-corrected chi connectivity index (χ4v) is 2.54. The zero-order chi connectivity index (χ0) is 20.1. The van der Waals surface area contributed by atoms with Gasteiger partial charge in [0.05, 0.1) is 22.1 Å². The molecule has 0 unspecified atom stereocenters. The van der Waals surface area contributed by atoms with Crippen LogP contribution in [0.25, 0.3) is 11.1 Å². The minimum absolute atomic E-state index is 0.0411. The highest BCUT2D eigenvalue weighted by Gasteiger charge is 2.14. The molecular formula is C17H15N5O6. The Morgan fingerprint density at radius 2 is 2.07 bits per heavy atom. The van der Waals surface area contributed by atoms with Gasteiger partial charge in [-0.15, -0.1) is 0 Å². The number of pyridine rings is 1. The number of aromatic nitrogens is 2. The zero-order valence-electron chi connectivity index (χ0n) is 14.5. The quantitative estimate of drug-likeness (QED) is 0.477. The van der Waals surface area contributed by atoms with Crippen LogP contribution in [-0.4, -0.2) is 26.3 Å². The van der Waals surface area contributed by atoms with Crippen LogP contribution in [-0.2, 0) is 11.3 Å². The van der Waals surface area contributed by atoms with E-state index in [1.165, 1.54) is 35.2 Å². The van der Waals surface area contributed by atoms with Gasteiger partial charge in [0, 0.05) is 31.4 Å². The Morgan fingerprint density at radius 3 is 2.79 bits per heavy atom. The molecule has 2 amide bonds. The summed E-state index contributed by atoms with van der Waals surface area (Å²) >= 11 is 0. The highest BCUT2D eigenvalue weighted by atomic mass is 16.6. The molecule has 0 atom stereocenters. The number of hydrogen-bond acceptors (Lipinski definition) is 7. The fraction of sp³-hybridized carbons (Fsp3) is 0.176. The zero-order valence-corrected chi connectivity index (χ0v) is 14.5. The van der Waals surface area contributed by atoms with Crippen molar-refractivity contribution in [3.63, 3.8) is 0 Å². The molecule has 11 nitrogen and oxygen atoms in total. The third-order valence-corrected chi connectivity index (χ3v) is 3.89. The number of aryl methyl sites for hydroxylation is 1. The number of nitro groups is 1. The van der Waals surface area contributed by atoms with Gasteiger partial charge in [0.15, 0.2) is 5.58 Å². The van der Waals surface area contributed by atoms with Crippen molar-refractivity contribution in [1.82, 2.24) is 20.4 Å². The SMILES string of the molecule is O=C(CCCn1c(=O)oc2cc([N+](=O)[O-])ccc21)NNC(=O)c1cccnc1. The molecule has 3 rings (SSSR count). The van der Waals surface area contributed by atoms with Crippen molar-refractivity contribution in [1.29, 1.82) is 0 Å². The van der Waals surface area contributed by atoms with Crippen molar-refractivity contribution in [3.05, 3.63) is 69.0 Å². The summed E-state index contributed by atoms with van der Waals surface area (Å²) in [7, 11) is 0. The number of hydrogen-bond donors (Lipinski definition) is 2. The number of carbonyl (C=O) groups excluding carboxylic acids is 2. The Hall–Kier alpha value is -4.02. The normalized spacial score (nSPS) is 10.6. The van der Waals surface area contributed by atoms with Crippen molar-refractivity contribution in [2.24, 2.45) is 0 Å². The molecule has 2 aromatic heterocycles. The second-order valence-electron chi connectivity index (χ2n) is 5.78. The second kappa shape index (κ2) is 8.12. The van der Waals surface area contributed by atoms with E-state index in [-0.39, 0.29) is 24.2 Å². The van der Waals surface area contributed by atoms with Gasteiger partial charge in [-0.05, 0) is 24.6 Å². The first-order chi connectivity index (χ1) is 13.5. The summed E-state index contributed by atoms with van der Waals surface area (Å²) < 4.78 is 6.31. The second-order valence-corrected chi connectivity index (χ2v) is 5.78. The van der Waals surface area contributed by atoms with Gasteiger partial charge < -0.3 is 4.42 Å². The first kappa shape index (κ1) is 18.8. The maximum Gasteiger partial charge on any atom is 0.419 e. The molecule has 0 aliphatic rings. The molecule has 0 aliphatic carbocycles. The Balaban J connectivity index is 1.54. The molecule has 0 radical (unpaired) electrons. The lowest BCUT2D eigenvalue weighted by Crippen LogP contribution is -2.41. The number of hydrazine groups is 1. The van der Waals surface area contributed by atoms with Crippen LogP contribution in [0.15, 0.2) is 51.9 Å². The molecule has 0 saturated heterocycles. The third kappa shape index (κ3) is 4.20. The van der Waals surface area contributed by atoms with Crippen LogP contribution in [0.1, 0.15) is 23.2 Å². The first-order valence-corrected chi connectivity index (χ1v) is 8.22. The molecule has 144 valence electrons. The number of benzene rings is 1. The van der Waals surface area contributed by atoms with E-state index in [0.29, 0.717) is 17.5 Å². The highest BCUT2D eigenvalue weighted by Crippen LogP contribution is 2.20. The molecule has 1 aromatic carbocycles. The fourth-order valence-electron chi connectivity index (χ4n) is 2.54. The molecule has 0 saturated carbocycles. The highest BCUT2D eigenvalue weighted by molar-refractivity contribution is 5.95. The Labute approximate surface area is 157 Å². The van der Waals surface area contributed by atoms with Crippen molar-refractivity contribution < 1.29 is 18.9 Å². The van der Waals surface area contributed by atoms with E-state index in [2.05, 4.69) is 15.8 Å². The van der Waals surface area contributed by atoms with E-state index in [1.54, 1.807) is 12.1 Å². The van der Waals surface area contributed by atoms with E-state index < -0.39 is 22.5 Å². The molecule has 0 fully saturated rings. The minimum atomic E-state index is -0.666. The van der Waals surface area contributed by atoms with E-state index >= 15 is 0 Å². The van der Waals surface area contributed by atoms with Gasteiger partial charge >= 0.3 is 5.76 Å². The number of fused-ring (bicyclic) bond motifs is 1. The van der Waals surface area contributed by atoms with Gasteiger partial charge in [0.2, 0.25) is 5.91 Å². The van der Waals surface area contributed by atoms with E-state index in [1.807, 2.05) is 0 Å². The van der Waals surface area contributed by atoms with Gasteiger partial charge in [-0.2, -0.15) is 0 Å². The van der Waals surface area contributed by atoms with Crippen molar-refractivity contribution in [2.75, 3.05) is 0 Å². The van der Waals surface area contributed by atoms with Crippen molar-refractivity contribution in [2.45, 2.75) is 19.4 Å². The van der Waals surface area contributed by atoms with E-state index in [9.17, 15) is 24.5 Å². The summed E-state index contributed by atoms with van der Waals surface area (Å²) in [5.74, 6) is -1.60. The number of nitrogens with one attached hydrogen (secondary N) is 2. The lowest BCUT2D eigenvalue weighted by atomic mass is 10.2. The van der Waals surface area contributed by atoms with E-state index in [4.69, 9.17) is 4.42 Å². The monoisotopic (exact) mass is 385 g/mol. The lowest BCUT2D eigenvalue weighted by Gasteiger charge is -2.07. The molecular weight excluding hydrogens is 370 g/mol. The molecule has 0 spiro atoms. The van der Waals surface area contributed by atoms with Crippen molar-refractivity contribution in [3.8, 4) is 0 Å². The third-order valence-electron chi connectivity index (χ3n) is 3.89. The molecule has 0 aliphatic heterocycles. The van der Waals surface area contributed by atoms with Crippen LogP contribution < -0.4 is 16.6 Å². The smallest absolute Gasteiger partial charge is 0.407 e. The summed E-state index contributed by atoms with van der Waals surface area (Å²) in [6.45, 7) is 0.174. The van der Waals surface area contributed by atoms with Crippen LogP contribution >= 0.6 is 0 Å². The number of nitro benzene ring substituents is 1. The van der Waals surface area contributed by atoms with Crippen LogP contribution in [0, 0.1) is 10.1 Å². The van der Waals surface area contributed by atoms with Gasteiger partial charge in [-0.1, -0.05) is 0 Å². The predicted molar refractivity (Wildman–Crippen MR) is 96.2 cm³/mol. The first-order valence-electron chi connectivity index (χ1n) is 8.22. The van der Waals surface area contributed by atoms with E-state index in [0.717, 1.165) is 0 Å². The van der Waals surface area contributed by atoms with Crippen LogP contribution in [0.5, 0.6) is 0 Å². The topological polar surface area (TPSA) is 149 Å². The molecule has 28 heavy (non-hydrogen) atoms. The summed E-state index contributed by atoms with van der Waals surface area (Å²) in [5, 5.41) is 10.8. The van der Waals surface area contributed by atoms with Crippen LogP contribution in [0.3, 0.4) is 0 Å². The summed E-state index contributed by atoms with van der Waals surface area (Å²) in [6, 6.07) is 7.02. The summed E-state index contributed by atoms with van der Waals surface area (Å²) in [6.07, 6.45) is 3.22.